The van der Waals surface area contributed by atoms with E-state index in [1.165, 1.54) is 4.90 Å². The van der Waals surface area contributed by atoms with Gasteiger partial charge in [-0.25, -0.2) is 0 Å². The predicted molar refractivity (Wildman–Crippen MR) is 98.0 cm³/mol. The average molecular weight is 369 g/mol. The fourth-order valence-corrected chi connectivity index (χ4v) is 2.49. The molecule has 0 saturated heterocycles. The van der Waals surface area contributed by atoms with Gasteiger partial charge in [-0.05, 0) is 36.4 Å². The number of nitrogens with one attached hydrogen (secondary N) is 2. The highest BCUT2D eigenvalue weighted by molar-refractivity contribution is 6.00. The summed E-state index contributed by atoms with van der Waals surface area (Å²) in [5, 5.41) is 5.20. The minimum absolute atomic E-state index is 0.123. The van der Waals surface area contributed by atoms with Crippen molar-refractivity contribution in [3.8, 4) is 11.5 Å². The number of fused-ring (bicyclic) bond motifs is 1. The maximum absolute atomic E-state index is 12.2. The van der Waals surface area contributed by atoms with E-state index in [2.05, 4.69) is 10.6 Å². The van der Waals surface area contributed by atoms with Crippen molar-refractivity contribution in [3.63, 3.8) is 0 Å². The molecule has 0 bridgehead atoms. The Hall–Kier alpha value is -3.55. The predicted octanol–water partition coefficient (Wildman–Crippen LogP) is 1.49. The van der Waals surface area contributed by atoms with E-state index in [1.54, 1.807) is 56.6 Å². The number of nitrogens with zero attached hydrogens (tertiary/aromatic N) is 1. The number of anilines is 1. The van der Waals surface area contributed by atoms with E-state index in [0.29, 0.717) is 28.3 Å². The maximum atomic E-state index is 12.2. The number of hydrogen-bond donors (Lipinski definition) is 2. The fourth-order valence-electron chi connectivity index (χ4n) is 2.49. The molecule has 0 radical (unpaired) electrons. The highest BCUT2D eigenvalue weighted by Crippen LogP contribution is 2.32. The fraction of sp³-hybridized carbons (Fsp3) is 0.211. The van der Waals surface area contributed by atoms with Crippen LogP contribution in [0.3, 0.4) is 0 Å². The third-order valence-electron chi connectivity index (χ3n) is 3.84. The lowest BCUT2D eigenvalue weighted by atomic mass is 10.2. The summed E-state index contributed by atoms with van der Waals surface area (Å²) in [4.78, 5) is 37.7. The second kappa shape index (κ2) is 7.77. The van der Waals surface area contributed by atoms with Crippen molar-refractivity contribution in [1.82, 2.24) is 10.2 Å². The van der Waals surface area contributed by atoms with Gasteiger partial charge in [0.05, 0.1) is 6.54 Å². The van der Waals surface area contributed by atoms with Crippen LogP contribution in [0.5, 0.6) is 11.5 Å². The van der Waals surface area contributed by atoms with E-state index in [-0.39, 0.29) is 19.2 Å². The van der Waals surface area contributed by atoms with E-state index in [9.17, 15) is 14.4 Å². The average Bonchev–Trinajstić information content (AvgIpc) is 3.13. The summed E-state index contributed by atoms with van der Waals surface area (Å²) in [6.07, 6.45) is 0. The van der Waals surface area contributed by atoms with Gasteiger partial charge in [0.1, 0.15) is 0 Å². The molecule has 0 fully saturated rings. The summed E-state index contributed by atoms with van der Waals surface area (Å²) >= 11 is 0. The topological polar surface area (TPSA) is 97.0 Å². The molecule has 27 heavy (non-hydrogen) atoms. The molecule has 8 heteroatoms. The van der Waals surface area contributed by atoms with Crippen LogP contribution in [-0.4, -0.2) is 50.1 Å². The molecule has 2 N–H and O–H groups in total. The van der Waals surface area contributed by atoms with E-state index >= 15 is 0 Å². The third kappa shape index (κ3) is 4.35. The third-order valence-corrected chi connectivity index (χ3v) is 3.84. The first-order chi connectivity index (χ1) is 12.9. The summed E-state index contributed by atoms with van der Waals surface area (Å²) in [7, 11) is 3.30. The molecule has 0 saturated carbocycles. The molecule has 0 aliphatic carbocycles. The summed E-state index contributed by atoms with van der Waals surface area (Å²) in [5.41, 5.74) is 1.30. The van der Waals surface area contributed by atoms with Gasteiger partial charge in [0.2, 0.25) is 12.7 Å². The summed E-state index contributed by atoms with van der Waals surface area (Å²) in [5.74, 6) is 0.103. The molecular formula is C19H19N3O5. The van der Waals surface area contributed by atoms with Crippen molar-refractivity contribution < 1.29 is 23.9 Å². The van der Waals surface area contributed by atoms with Crippen LogP contribution in [0.25, 0.3) is 0 Å². The van der Waals surface area contributed by atoms with Crippen LogP contribution in [0.4, 0.5) is 5.69 Å². The van der Waals surface area contributed by atoms with Crippen LogP contribution in [0.15, 0.2) is 42.5 Å². The van der Waals surface area contributed by atoms with Gasteiger partial charge in [-0.1, -0.05) is 6.07 Å². The maximum Gasteiger partial charge on any atom is 0.253 e. The summed E-state index contributed by atoms with van der Waals surface area (Å²) in [6.45, 7) is -0.0860. The molecule has 2 aromatic rings. The first-order valence-electron chi connectivity index (χ1n) is 8.23. The number of amides is 3. The molecular weight excluding hydrogens is 350 g/mol. The number of carbonyl (C=O) groups excluding carboxylic acids is 3. The van der Waals surface area contributed by atoms with Gasteiger partial charge in [0.25, 0.3) is 11.8 Å². The Morgan fingerprint density at radius 1 is 1.00 bits per heavy atom. The normalized spacial score (nSPS) is 11.6. The highest BCUT2D eigenvalue weighted by atomic mass is 16.7. The monoisotopic (exact) mass is 369 g/mol. The molecule has 140 valence electrons. The molecule has 0 unspecified atom stereocenters. The summed E-state index contributed by atoms with van der Waals surface area (Å²) in [6, 6.07) is 11.4. The zero-order valence-electron chi connectivity index (χ0n) is 14.9. The van der Waals surface area contributed by atoms with Crippen LogP contribution in [-0.2, 0) is 4.79 Å². The van der Waals surface area contributed by atoms with E-state index in [0.717, 1.165) is 0 Å². The van der Waals surface area contributed by atoms with Crippen LogP contribution >= 0.6 is 0 Å². The molecule has 0 atom stereocenters. The van der Waals surface area contributed by atoms with Gasteiger partial charge in [0, 0.05) is 30.9 Å². The Bertz CT molecular complexity index is 895. The molecule has 1 aliphatic rings. The van der Waals surface area contributed by atoms with Gasteiger partial charge in [-0.15, -0.1) is 0 Å². The molecule has 1 aliphatic heterocycles. The lowest BCUT2D eigenvalue weighted by Crippen LogP contribution is -2.32. The number of carbonyl (C=O) groups is 3. The Labute approximate surface area is 156 Å². The van der Waals surface area contributed by atoms with Gasteiger partial charge in [0.15, 0.2) is 11.5 Å². The van der Waals surface area contributed by atoms with Gasteiger partial charge >= 0.3 is 0 Å². The zero-order chi connectivity index (χ0) is 19.4. The molecule has 2 aromatic carbocycles. The second-order valence-corrected chi connectivity index (χ2v) is 6.08. The molecule has 3 rings (SSSR count). The van der Waals surface area contributed by atoms with Crippen molar-refractivity contribution in [2.45, 2.75) is 0 Å². The van der Waals surface area contributed by atoms with Crippen molar-refractivity contribution in [2.24, 2.45) is 0 Å². The lowest BCUT2D eigenvalue weighted by Gasteiger charge is -2.12. The van der Waals surface area contributed by atoms with Crippen LogP contribution in [0.2, 0.25) is 0 Å². The number of ether oxygens (including phenoxy) is 2. The van der Waals surface area contributed by atoms with Crippen molar-refractivity contribution in [3.05, 3.63) is 53.6 Å². The first kappa shape index (κ1) is 18.2. The van der Waals surface area contributed by atoms with Crippen LogP contribution < -0.4 is 20.1 Å². The molecule has 3 amide bonds. The zero-order valence-corrected chi connectivity index (χ0v) is 14.9. The molecule has 1 heterocycles. The van der Waals surface area contributed by atoms with Crippen molar-refractivity contribution in [1.29, 1.82) is 0 Å². The number of hydrogen-bond acceptors (Lipinski definition) is 5. The molecule has 0 spiro atoms. The van der Waals surface area contributed by atoms with Crippen LogP contribution in [0.1, 0.15) is 20.7 Å². The van der Waals surface area contributed by atoms with Gasteiger partial charge in [-0.3, -0.25) is 14.4 Å². The SMILES string of the molecule is CN(C)C(=O)c1cccc(NC(=O)CNC(=O)c2ccc3c(c2)OCO3)c1. The van der Waals surface area contributed by atoms with E-state index in [4.69, 9.17) is 9.47 Å². The largest absolute Gasteiger partial charge is 0.454 e. The smallest absolute Gasteiger partial charge is 0.253 e. The Balaban J connectivity index is 1.56. The van der Waals surface area contributed by atoms with E-state index < -0.39 is 11.8 Å². The highest BCUT2D eigenvalue weighted by Gasteiger charge is 2.16. The van der Waals surface area contributed by atoms with Crippen molar-refractivity contribution >= 4 is 23.4 Å². The minimum atomic E-state index is -0.404. The quantitative estimate of drug-likeness (QED) is 0.832. The minimum Gasteiger partial charge on any atom is -0.454 e. The van der Waals surface area contributed by atoms with E-state index in [1.807, 2.05) is 0 Å². The van der Waals surface area contributed by atoms with Gasteiger partial charge < -0.3 is 25.0 Å². The van der Waals surface area contributed by atoms with Crippen LogP contribution in [0, 0.1) is 0 Å². The summed E-state index contributed by atoms with van der Waals surface area (Å²) < 4.78 is 10.4. The molecule has 0 aromatic heterocycles. The first-order valence-corrected chi connectivity index (χ1v) is 8.23. The Kier molecular flexibility index (Phi) is 5.25. The molecule has 8 nitrogen and oxygen atoms in total. The van der Waals surface area contributed by atoms with Crippen molar-refractivity contribution in [2.75, 3.05) is 32.7 Å². The standard InChI is InChI=1S/C19H19N3O5/c1-22(2)19(25)13-4-3-5-14(8-13)21-17(23)10-20-18(24)12-6-7-15-16(9-12)27-11-26-15/h3-9H,10-11H2,1-2H3,(H,20,24)(H,21,23). The Morgan fingerprint density at radius 2 is 1.78 bits per heavy atom. The van der Waals surface area contributed by atoms with Gasteiger partial charge in [-0.2, -0.15) is 0 Å². The lowest BCUT2D eigenvalue weighted by molar-refractivity contribution is -0.115. The second-order valence-electron chi connectivity index (χ2n) is 6.08. The number of rotatable bonds is 5. The Morgan fingerprint density at radius 3 is 2.56 bits per heavy atom. The number of benzene rings is 2.